The van der Waals surface area contributed by atoms with Crippen molar-refractivity contribution in [3.8, 4) is 0 Å². The van der Waals surface area contributed by atoms with Crippen molar-refractivity contribution in [2.45, 2.75) is 11.3 Å². The maximum Gasteiger partial charge on any atom is 0.321 e. The lowest BCUT2D eigenvalue weighted by molar-refractivity contribution is -0.150. The second-order valence-corrected chi connectivity index (χ2v) is 8.25. The quantitative estimate of drug-likeness (QED) is 0.698. The number of rotatable bonds is 7. The minimum atomic E-state index is -3.80. The monoisotopic (exact) mass is 414 g/mol. The second-order valence-electron chi connectivity index (χ2n) is 6.48. The van der Waals surface area contributed by atoms with Crippen molar-refractivity contribution in [3.05, 3.63) is 72.3 Å². The number of ether oxygens (including phenoxy) is 1. The van der Waals surface area contributed by atoms with E-state index in [0.717, 1.165) is 12.0 Å². The molecule has 152 valence electrons. The van der Waals surface area contributed by atoms with Crippen molar-refractivity contribution in [2.75, 3.05) is 26.2 Å². The summed E-state index contributed by atoms with van der Waals surface area (Å²) in [7, 11) is -3.80. The third kappa shape index (κ3) is 5.75. The highest BCUT2D eigenvalue weighted by Crippen LogP contribution is 2.21. The average Bonchev–Trinajstić information content (AvgIpc) is 2.77. The number of hydrogen-bond donors (Lipinski definition) is 1. The van der Waals surface area contributed by atoms with Crippen molar-refractivity contribution in [3.63, 3.8) is 0 Å². The third-order valence-electron chi connectivity index (χ3n) is 4.52. The van der Waals surface area contributed by atoms with Crippen LogP contribution >= 0.6 is 0 Å². The van der Waals surface area contributed by atoms with E-state index in [1.165, 1.54) is 17.7 Å². The van der Waals surface area contributed by atoms with Gasteiger partial charge in [0, 0.05) is 13.1 Å². The normalized spacial score (nSPS) is 14.2. The van der Waals surface area contributed by atoms with Gasteiger partial charge in [0.15, 0.2) is 6.61 Å². The summed E-state index contributed by atoms with van der Waals surface area (Å²) < 4.78 is 31.2. The number of carbonyl (C=O) groups excluding carboxylic acids is 2. The van der Waals surface area contributed by atoms with E-state index in [9.17, 15) is 18.0 Å². The minimum Gasteiger partial charge on any atom is -0.455 e. The van der Waals surface area contributed by atoms with Crippen LogP contribution in [-0.4, -0.2) is 51.4 Å². The summed E-state index contributed by atoms with van der Waals surface area (Å²) in [6.45, 7) is 0.0297. The summed E-state index contributed by atoms with van der Waals surface area (Å²) in [4.78, 5) is 25.7. The number of hydrogen-bond acceptors (Lipinski definition) is 5. The number of esters is 1. The molecule has 1 aliphatic heterocycles. The smallest absolute Gasteiger partial charge is 0.321 e. The van der Waals surface area contributed by atoms with Crippen LogP contribution in [0.2, 0.25) is 0 Å². The van der Waals surface area contributed by atoms with E-state index >= 15 is 0 Å². The first-order chi connectivity index (χ1) is 14.0. The van der Waals surface area contributed by atoms with E-state index in [1.807, 2.05) is 36.4 Å². The van der Waals surface area contributed by atoms with Gasteiger partial charge in [0.25, 0.3) is 5.91 Å². The van der Waals surface area contributed by atoms with E-state index in [4.69, 9.17) is 4.74 Å². The van der Waals surface area contributed by atoms with Crippen molar-refractivity contribution in [1.82, 2.24) is 9.62 Å². The summed E-state index contributed by atoms with van der Waals surface area (Å²) in [5, 5.41) is 0. The highest BCUT2D eigenvalue weighted by molar-refractivity contribution is 7.89. The molecule has 0 fully saturated rings. The van der Waals surface area contributed by atoms with Crippen LogP contribution in [0.25, 0.3) is 5.57 Å². The summed E-state index contributed by atoms with van der Waals surface area (Å²) in [5.74, 6) is -1.12. The summed E-state index contributed by atoms with van der Waals surface area (Å²) >= 11 is 0. The van der Waals surface area contributed by atoms with Gasteiger partial charge < -0.3 is 9.64 Å². The van der Waals surface area contributed by atoms with Gasteiger partial charge in [-0.2, -0.15) is 4.72 Å². The Hall–Kier alpha value is -2.97. The predicted octanol–water partition coefficient (Wildman–Crippen LogP) is 1.82. The fraction of sp³-hybridized carbons (Fsp3) is 0.238. The molecule has 0 aliphatic carbocycles. The molecule has 1 heterocycles. The number of carbonyl (C=O) groups is 2. The largest absolute Gasteiger partial charge is 0.455 e. The lowest BCUT2D eigenvalue weighted by atomic mass is 10.00. The Labute approximate surface area is 170 Å². The number of nitrogens with zero attached hydrogens (tertiary/aromatic N) is 1. The highest BCUT2D eigenvalue weighted by atomic mass is 32.2. The first kappa shape index (κ1) is 20.8. The standard InChI is InChI=1S/C21H22N2O5S/c24-20(23-13-11-18(12-14-23)17-7-3-1-4-8-17)16-28-21(25)15-22-29(26,27)19-9-5-2-6-10-19/h1-11,22H,12-16H2. The van der Waals surface area contributed by atoms with Gasteiger partial charge in [0.05, 0.1) is 4.90 Å². The highest BCUT2D eigenvalue weighted by Gasteiger charge is 2.20. The molecule has 0 saturated heterocycles. The number of sulfonamides is 1. The van der Waals surface area contributed by atoms with Gasteiger partial charge in [0.2, 0.25) is 10.0 Å². The van der Waals surface area contributed by atoms with Crippen LogP contribution < -0.4 is 4.72 Å². The van der Waals surface area contributed by atoms with Crippen molar-refractivity contribution in [2.24, 2.45) is 0 Å². The van der Waals surface area contributed by atoms with Gasteiger partial charge in [-0.15, -0.1) is 0 Å². The van der Waals surface area contributed by atoms with Crippen LogP contribution in [0.3, 0.4) is 0 Å². The zero-order valence-corrected chi connectivity index (χ0v) is 16.6. The Morgan fingerprint density at radius 1 is 1.00 bits per heavy atom. The number of nitrogens with one attached hydrogen (secondary N) is 1. The van der Waals surface area contributed by atoms with E-state index in [1.54, 1.807) is 23.1 Å². The second kappa shape index (κ2) is 9.49. The Balaban J connectivity index is 1.44. The van der Waals surface area contributed by atoms with Crippen molar-refractivity contribution >= 4 is 27.5 Å². The fourth-order valence-electron chi connectivity index (χ4n) is 2.93. The molecule has 0 radical (unpaired) electrons. The van der Waals surface area contributed by atoms with Crippen LogP contribution in [0.15, 0.2) is 71.6 Å². The lowest BCUT2D eigenvalue weighted by Gasteiger charge is -2.26. The summed E-state index contributed by atoms with van der Waals surface area (Å²) in [6, 6.07) is 17.7. The van der Waals surface area contributed by atoms with Crippen LogP contribution in [0.4, 0.5) is 0 Å². The van der Waals surface area contributed by atoms with Crippen LogP contribution in [0, 0.1) is 0 Å². The molecule has 0 bridgehead atoms. The fourth-order valence-corrected chi connectivity index (χ4v) is 3.92. The topological polar surface area (TPSA) is 92.8 Å². The maximum absolute atomic E-state index is 12.2. The Morgan fingerprint density at radius 3 is 2.28 bits per heavy atom. The molecule has 0 unspecified atom stereocenters. The molecular weight excluding hydrogens is 392 g/mol. The minimum absolute atomic E-state index is 0.0539. The van der Waals surface area contributed by atoms with Crippen molar-refractivity contribution < 1.29 is 22.7 Å². The van der Waals surface area contributed by atoms with Crippen LogP contribution in [0.5, 0.6) is 0 Å². The molecule has 0 saturated carbocycles. The molecule has 1 N–H and O–H groups in total. The van der Waals surface area contributed by atoms with Gasteiger partial charge in [-0.05, 0) is 29.7 Å². The molecule has 2 aromatic carbocycles. The molecule has 0 atom stereocenters. The lowest BCUT2D eigenvalue weighted by Crippen LogP contribution is -2.38. The molecule has 0 spiro atoms. The molecule has 7 nitrogen and oxygen atoms in total. The molecule has 1 amide bonds. The Morgan fingerprint density at radius 2 is 1.66 bits per heavy atom. The zero-order valence-electron chi connectivity index (χ0n) is 15.8. The average molecular weight is 414 g/mol. The van der Waals surface area contributed by atoms with Gasteiger partial charge >= 0.3 is 5.97 Å². The Bertz CT molecular complexity index is 988. The number of benzene rings is 2. The third-order valence-corrected chi connectivity index (χ3v) is 5.94. The molecule has 0 aromatic heterocycles. The van der Waals surface area contributed by atoms with Gasteiger partial charge in [0.1, 0.15) is 6.54 Å². The van der Waals surface area contributed by atoms with Gasteiger partial charge in [-0.3, -0.25) is 9.59 Å². The molecule has 2 aromatic rings. The predicted molar refractivity (Wildman–Crippen MR) is 108 cm³/mol. The summed E-state index contributed by atoms with van der Waals surface area (Å²) in [6.07, 6.45) is 2.72. The molecule has 8 heteroatoms. The molecule has 29 heavy (non-hydrogen) atoms. The van der Waals surface area contributed by atoms with Crippen LogP contribution in [-0.2, 0) is 24.3 Å². The van der Waals surface area contributed by atoms with E-state index in [-0.39, 0.29) is 10.8 Å². The first-order valence-corrected chi connectivity index (χ1v) is 10.7. The first-order valence-electron chi connectivity index (χ1n) is 9.18. The summed E-state index contributed by atoms with van der Waals surface area (Å²) in [5.41, 5.74) is 2.32. The van der Waals surface area contributed by atoms with E-state index in [0.29, 0.717) is 13.1 Å². The van der Waals surface area contributed by atoms with E-state index in [2.05, 4.69) is 4.72 Å². The maximum atomic E-state index is 12.2. The zero-order chi connectivity index (χ0) is 20.7. The van der Waals surface area contributed by atoms with E-state index < -0.39 is 29.1 Å². The molecular formula is C21H22N2O5S. The molecule has 1 aliphatic rings. The van der Waals surface area contributed by atoms with Gasteiger partial charge in [-0.25, -0.2) is 8.42 Å². The van der Waals surface area contributed by atoms with Gasteiger partial charge in [-0.1, -0.05) is 54.6 Å². The number of amides is 1. The van der Waals surface area contributed by atoms with Crippen LogP contribution in [0.1, 0.15) is 12.0 Å². The Kier molecular flexibility index (Phi) is 6.79. The van der Waals surface area contributed by atoms with Crippen molar-refractivity contribution in [1.29, 1.82) is 0 Å². The molecule has 3 rings (SSSR count). The SMILES string of the molecule is O=C(CNS(=O)(=O)c1ccccc1)OCC(=O)N1CC=C(c2ccccc2)CC1.